The molecule has 5 aromatic rings. The molecule has 0 saturated carbocycles. The first-order valence-corrected chi connectivity index (χ1v) is 9.18. The topological polar surface area (TPSA) is 49.7 Å². The molecular formula is C24H17BO3. The zero-order valence-corrected chi connectivity index (χ0v) is 15.0. The molecule has 0 amide bonds. The highest BCUT2D eigenvalue weighted by atomic mass is 16.6. The number of hydrogen-bond donors (Lipinski definition) is 2. The summed E-state index contributed by atoms with van der Waals surface area (Å²) in [4.78, 5) is 0. The van der Waals surface area contributed by atoms with Gasteiger partial charge in [0.25, 0.3) is 0 Å². The monoisotopic (exact) mass is 364 g/mol. The lowest BCUT2D eigenvalue weighted by Gasteiger charge is -2.18. The van der Waals surface area contributed by atoms with E-state index in [0.717, 1.165) is 32.7 Å². The average Bonchev–Trinajstić information content (AvgIpc) is 2.73. The zero-order chi connectivity index (χ0) is 19.1. The Labute approximate surface area is 162 Å². The second kappa shape index (κ2) is 6.68. The Morgan fingerprint density at radius 1 is 0.571 bits per heavy atom. The van der Waals surface area contributed by atoms with Crippen molar-refractivity contribution in [3.05, 3.63) is 91.0 Å². The van der Waals surface area contributed by atoms with Crippen LogP contribution in [0.2, 0.25) is 0 Å². The lowest BCUT2D eigenvalue weighted by molar-refractivity contribution is 0.291. The van der Waals surface area contributed by atoms with Crippen LogP contribution in [0, 0.1) is 0 Å². The molecule has 2 N–H and O–H groups in total. The molecule has 0 saturated heterocycles. The second-order valence-electron chi connectivity index (χ2n) is 6.80. The molecule has 0 atom stereocenters. The summed E-state index contributed by atoms with van der Waals surface area (Å²) in [7, 11) is -1.88. The SMILES string of the molecule is OB(O)Oc1c2ccccc2c(-c2ccc3ccccc3c2)c2ccccc12. The molecular weight excluding hydrogens is 347 g/mol. The van der Waals surface area contributed by atoms with Crippen LogP contribution in [0.5, 0.6) is 5.75 Å². The summed E-state index contributed by atoms with van der Waals surface area (Å²) in [6, 6.07) is 30.6. The molecule has 0 spiro atoms. The lowest BCUT2D eigenvalue weighted by Crippen LogP contribution is -2.21. The van der Waals surface area contributed by atoms with E-state index in [1.807, 2.05) is 60.7 Å². The van der Waals surface area contributed by atoms with Crippen LogP contribution in [0.4, 0.5) is 0 Å². The van der Waals surface area contributed by atoms with Crippen molar-refractivity contribution in [2.45, 2.75) is 0 Å². The van der Waals surface area contributed by atoms with E-state index >= 15 is 0 Å². The third-order valence-corrected chi connectivity index (χ3v) is 5.14. The van der Waals surface area contributed by atoms with Crippen LogP contribution in [-0.2, 0) is 0 Å². The van der Waals surface area contributed by atoms with Crippen molar-refractivity contribution in [1.82, 2.24) is 0 Å². The first-order chi connectivity index (χ1) is 13.7. The van der Waals surface area contributed by atoms with E-state index in [1.54, 1.807) is 0 Å². The van der Waals surface area contributed by atoms with Gasteiger partial charge in [-0.1, -0.05) is 84.9 Å². The Morgan fingerprint density at radius 3 is 1.71 bits per heavy atom. The van der Waals surface area contributed by atoms with E-state index in [4.69, 9.17) is 4.65 Å². The predicted octanol–water partition coefficient (Wildman–Crippen LogP) is 5.16. The maximum absolute atomic E-state index is 9.46. The van der Waals surface area contributed by atoms with Gasteiger partial charge in [-0.15, -0.1) is 0 Å². The van der Waals surface area contributed by atoms with Gasteiger partial charge in [0.15, 0.2) is 0 Å². The van der Waals surface area contributed by atoms with Gasteiger partial charge in [0.1, 0.15) is 5.75 Å². The normalized spacial score (nSPS) is 11.2. The Kier molecular flexibility index (Phi) is 4.01. The second-order valence-corrected chi connectivity index (χ2v) is 6.80. The minimum atomic E-state index is -1.88. The average molecular weight is 364 g/mol. The Morgan fingerprint density at radius 2 is 1.11 bits per heavy atom. The number of hydrogen-bond acceptors (Lipinski definition) is 3. The highest BCUT2D eigenvalue weighted by Gasteiger charge is 2.20. The standard InChI is InChI=1S/C24H17BO3/c26-25(27)28-24-21-11-5-3-9-19(21)23(20-10-4-6-12-22(20)24)18-14-13-16-7-1-2-8-17(16)15-18/h1-15,26-27H. The molecule has 5 aromatic carbocycles. The van der Waals surface area contributed by atoms with Gasteiger partial charge in [-0.25, -0.2) is 0 Å². The van der Waals surface area contributed by atoms with Gasteiger partial charge in [0, 0.05) is 10.8 Å². The molecule has 28 heavy (non-hydrogen) atoms. The molecule has 3 nitrogen and oxygen atoms in total. The minimum Gasteiger partial charge on any atom is -0.511 e. The molecule has 0 fully saturated rings. The molecule has 0 aliphatic rings. The first kappa shape index (κ1) is 16.8. The van der Waals surface area contributed by atoms with E-state index in [0.29, 0.717) is 5.75 Å². The molecule has 0 aliphatic carbocycles. The summed E-state index contributed by atoms with van der Waals surface area (Å²) in [5.41, 5.74) is 2.22. The molecule has 0 heterocycles. The van der Waals surface area contributed by atoms with Crippen molar-refractivity contribution in [2.24, 2.45) is 0 Å². The van der Waals surface area contributed by atoms with E-state index < -0.39 is 7.32 Å². The van der Waals surface area contributed by atoms with Gasteiger partial charge in [0.2, 0.25) is 0 Å². The summed E-state index contributed by atoms with van der Waals surface area (Å²) in [5, 5.41) is 25.0. The van der Waals surface area contributed by atoms with Gasteiger partial charge >= 0.3 is 7.32 Å². The lowest BCUT2D eigenvalue weighted by atomic mass is 9.90. The van der Waals surface area contributed by atoms with Crippen molar-refractivity contribution in [3.8, 4) is 16.9 Å². The van der Waals surface area contributed by atoms with Crippen molar-refractivity contribution >= 4 is 39.6 Å². The maximum atomic E-state index is 9.46. The third-order valence-electron chi connectivity index (χ3n) is 5.14. The quantitative estimate of drug-likeness (QED) is 0.343. The van der Waals surface area contributed by atoms with Gasteiger partial charge in [-0.2, -0.15) is 0 Å². The van der Waals surface area contributed by atoms with Crippen LogP contribution in [0.1, 0.15) is 0 Å². The van der Waals surface area contributed by atoms with Crippen LogP contribution in [0.15, 0.2) is 91.0 Å². The van der Waals surface area contributed by atoms with E-state index in [2.05, 4.69) is 30.3 Å². The molecule has 134 valence electrons. The highest BCUT2D eigenvalue weighted by molar-refractivity contribution is 6.35. The van der Waals surface area contributed by atoms with Gasteiger partial charge in [-0.05, 0) is 38.7 Å². The summed E-state index contributed by atoms with van der Waals surface area (Å²) >= 11 is 0. The van der Waals surface area contributed by atoms with Crippen LogP contribution in [0.25, 0.3) is 43.4 Å². The first-order valence-electron chi connectivity index (χ1n) is 9.18. The van der Waals surface area contributed by atoms with Crippen molar-refractivity contribution in [2.75, 3.05) is 0 Å². The van der Waals surface area contributed by atoms with Crippen molar-refractivity contribution in [1.29, 1.82) is 0 Å². The van der Waals surface area contributed by atoms with Gasteiger partial charge in [-0.3, -0.25) is 0 Å². The van der Waals surface area contributed by atoms with E-state index in [-0.39, 0.29) is 0 Å². The number of fused-ring (bicyclic) bond motifs is 3. The Balaban J connectivity index is 1.92. The minimum absolute atomic E-state index is 0.478. The zero-order valence-electron chi connectivity index (χ0n) is 15.0. The summed E-state index contributed by atoms with van der Waals surface area (Å²) in [6.45, 7) is 0. The maximum Gasteiger partial charge on any atom is 0.707 e. The van der Waals surface area contributed by atoms with Crippen LogP contribution in [0.3, 0.4) is 0 Å². The molecule has 4 heteroatoms. The molecule has 0 bridgehead atoms. The molecule has 5 rings (SSSR count). The molecule has 0 radical (unpaired) electrons. The molecule has 0 unspecified atom stereocenters. The predicted molar refractivity (Wildman–Crippen MR) is 115 cm³/mol. The Hall–Kier alpha value is -3.34. The van der Waals surface area contributed by atoms with Gasteiger partial charge < -0.3 is 14.7 Å². The van der Waals surface area contributed by atoms with Crippen molar-refractivity contribution < 1.29 is 14.7 Å². The fourth-order valence-electron chi connectivity index (χ4n) is 3.98. The summed E-state index contributed by atoms with van der Waals surface area (Å²) in [6.07, 6.45) is 0. The fourth-order valence-corrected chi connectivity index (χ4v) is 3.98. The van der Waals surface area contributed by atoms with E-state index in [1.165, 1.54) is 10.8 Å². The van der Waals surface area contributed by atoms with Crippen LogP contribution in [-0.4, -0.2) is 17.4 Å². The van der Waals surface area contributed by atoms with Crippen LogP contribution >= 0.6 is 0 Å². The number of benzene rings is 5. The fraction of sp³-hybridized carbons (Fsp3) is 0. The Bertz CT molecular complexity index is 1270. The largest absolute Gasteiger partial charge is 0.707 e. The third kappa shape index (κ3) is 2.71. The summed E-state index contributed by atoms with van der Waals surface area (Å²) < 4.78 is 5.41. The molecule has 0 aromatic heterocycles. The van der Waals surface area contributed by atoms with Gasteiger partial charge in [0.05, 0.1) is 0 Å². The highest BCUT2D eigenvalue weighted by Crippen LogP contribution is 2.43. The van der Waals surface area contributed by atoms with Crippen LogP contribution < -0.4 is 4.65 Å². The van der Waals surface area contributed by atoms with E-state index in [9.17, 15) is 10.0 Å². The van der Waals surface area contributed by atoms with Crippen molar-refractivity contribution in [3.63, 3.8) is 0 Å². The smallest absolute Gasteiger partial charge is 0.511 e. The number of rotatable bonds is 3. The molecule has 0 aliphatic heterocycles. The summed E-state index contributed by atoms with van der Waals surface area (Å²) in [5.74, 6) is 0.478.